The summed E-state index contributed by atoms with van der Waals surface area (Å²) in [4.78, 5) is 1.01. The Morgan fingerprint density at radius 1 is 1.04 bits per heavy atom. The first-order valence-electron chi connectivity index (χ1n) is 8.10. The fourth-order valence-corrected chi connectivity index (χ4v) is 3.36. The highest BCUT2D eigenvalue weighted by molar-refractivity contribution is 7.94. The smallest absolute Gasteiger partial charge is 0.197 e. The fourth-order valence-electron chi connectivity index (χ4n) is 2.91. The lowest BCUT2D eigenvalue weighted by atomic mass is 10.0. The number of aryl methyl sites for hydroxylation is 1. The van der Waals surface area contributed by atoms with Crippen molar-refractivity contribution < 1.29 is 9.02 Å². The van der Waals surface area contributed by atoms with Crippen LogP contribution in [0.4, 0.5) is 0 Å². The van der Waals surface area contributed by atoms with Crippen molar-refractivity contribution in [3.05, 3.63) is 71.8 Å². The van der Waals surface area contributed by atoms with Gasteiger partial charge in [0.05, 0.1) is 10.5 Å². The predicted octanol–water partition coefficient (Wildman–Crippen LogP) is 4.51. The van der Waals surface area contributed by atoms with Crippen molar-refractivity contribution in [1.29, 1.82) is 0 Å². The Bertz CT molecular complexity index is 938. The van der Waals surface area contributed by atoms with Gasteiger partial charge < -0.3 is 9.02 Å². The van der Waals surface area contributed by atoms with Crippen LogP contribution in [0.3, 0.4) is 0 Å². The maximum atomic E-state index is 5.96. The number of nitrogens with zero attached hydrogens (tertiary/aromatic N) is 1. The molecule has 0 amide bonds. The normalized spacial score (nSPS) is 17.5. The van der Waals surface area contributed by atoms with Crippen LogP contribution in [0.1, 0.15) is 11.1 Å². The summed E-state index contributed by atoms with van der Waals surface area (Å²) in [6.07, 6.45) is -0.320. The van der Waals surface area contributed by atoms with E-state index in [4.69, 9.17) is 9.02 Å². The average Bonchev–Trinajstić information content (AvgIpc) is 3.01. The molecular formula is C20H18N2O2S. The molecule has 0 saturated heterocycles. The maximum absolute atomic E-state index is 5.96. The summed E-state index contributed by atoms with van der Waals surface area (Å²) < 4.78 is 11.5. The summed E-state index contributed by atoms with van der Waals surface area (Å²) in [6.45, 7) is 2.06. The van der Waals surface area contributed by atoms with E-state index in [0.29, 0.717) is 0 Å². The third kappa shape index (κ3) is 3.08. The van der Waals surface area contributed by atoms with Gasteiger partial charge in [-0.25, -0.2) is 0 Å². The zero-order chi connectivity index (χ0) is 17.2. The number of fused-ring (bicyclic) bond motifs is 3. The lowest BCUT2D eigenvalue weighted by Crippen LogP contribution is -2.35. The van der Waals surface area contributed by atoms with Gasteiger partial charge in [0.2, 0.25) is 0 Å². The molecule has 0 spiro atoms. The lowest BCUT2D eigenvalue weighted by Gasteiger charge is -2.09. The third-order valence-corrected chi connectivity index (χ3v) is 4.81. The van der Waals surface area contributed by atoms with Crippen LogP contribution >= 0.6 is 12.0 Å². The van der Waals surface area contributed by atoms with Gasteiger partial charge in [-0.15, -0.1) is 0 Å². The van der Waals surface area contributed by atoms with Gasteiger partial charge in [-0.3, -0.25) is 5.32 Å². The zero-order valence-corrected chi connectivity index (χ0v) is 14.8. The molecule has 1 unspecified atom stereocenters. The van der Waals surface area contributed by atoms with E-state index in [2.05, 4.69) is 47.7 Å². The van der Waals surface area contributed by atoms with Crippen LogP contribution in [0.15, 0.2) is 70.7 Å². The van der Waals surface area contributed by atoms with Crippen molar-refractivity contribution in [2.75, 3.05) is 7.05 Å². The van der Waals surface area contributed by atoms with Crippen LogP contribution < -0.4 is 10.1 Å². The molecule has 0 aromatic heterocycles. The molecule has 0 radical (unpaired) electrons. The fraction of sp³-hybridized carbons (Fsp3) is 0.150. The van der Waals surface area contributed by atoms with E-state index in [1.807, 2.05) is 37.4 Å². The summed E-state index contributed by atoms with van der Waals surface area (Å²) in [5, 5.41) is 9.78. The molecule has 25 heavy (non-hydrogen) atoms. The van der Waals surface area contributed by atoms with Crippen molar-refractivity contribution in [2.45, 2.75) is 18.0 Å². The number of ether oxygens (including phenoxy) is 1. The minimum Gasteiger partial charge on any atom is -0.469 e. The molecule has 126 valence electrons. The Labute approximate surface area is 151 Å². The van der Waals surface area contributed by atoms with Gasteiger partial charge in [0, 0.05) is 0 Å². The number of hydrogen-bond donors (Lipinski definition) is 1. The molecule has 1 heterocycles. The quantitative estimate of drug-likeness (QED) is 0.555. The Kier molecular flexibility index (Phi) is 4.34. The van der Waals surface area contributed by atoms with Crippen LogP contribution in [0, 0.1) is 6.92 Å². The summed E-state index contributed by atoms with van der Waals surface area (Å²) in [6, 6.07) is 20.4. The van der Waals surface area contributed by atoms with Gasteiger partial charge in [-0.1, -0.05) is 53.2 Å². The van der Waals surface area contributed by atoms with E-state index in [9.17, 15) is 0 Å². The number of likely N-dealkylation sites (N-methyl/N-ethyl adjacent to an activating group) is 1. The standard InChI is InChI=1S/C20H18N2O2S/c1-13-7-10-15(11-8-13)25-24-22-19-18-16-6-4-3-5-14(16)9-12-17(18)23-20(19)21-2/h3-12,20-21H,1-2H3/b22-19-. The highest BCUT2D eigenvalue weighted by Gasteiger charge is 2.31. The maximum Gasteiger partial charge on any atom is 0.197 e. The molecule has 1 aliphatic rings. The van der Waals surface area contributed by atoms with Crippen molar-refractivity contribution in [2.24, 2.45) is 5.16 Å². The predicted molar refractivity (Wildman–Crippen MR) is 102 cm³/mol. The van der Waals surface area contributed by atoms with Crippen LogP contribution in [0.25, 0.3) is 10.8 Å². The molecule has 3 aromatic rings. The summed E-state index contributed by atoms with van der Waals surface area (Å²) in [5.74, 6) is 0.820. The van der Waals surface area contributed by atoms with Gasteiger partial charge in [-0.05, 0) is 42.9 Å². The minimum absolute atomic E-state index is 0.320. The van der Waals surface area contributed by atoms with Crippen molar-refractivity contribution >= 4 is 28.5 Å². The topological polar surface area (TPSA) is 42.8 Å². The Balaban J connectivity index is 1.66. The van der Waals surface area contributed by atoms with Crippen molar-refractivity contribution in [1.82, 2.24) is 5.32 Å². The molecule has 1 N–H and O–H groups in total. The van der Waals surface area contributed by atoms with Gasteiger partial charge in [0.1, 0.15) is 23.5 Å². The highest BCUT2D eigenvalue weighted by atomic mass is 32.2. The first-order valence-corrected chi connectivity index (χ1v) is 8.85. The summed E-state index contributed by atoms with van der Waals surface area (Å²) >= 11 is 1.24. The monoisotopic (exact) mass is 350 g/mol. The molecule has 4 rings (SSSR count). The molecule has 1 atom stereocenters. The van der Waals surface area contributed by atoms with E-state index in [0.717, 1.165) is 32.7 Å². The second-order valence-electron chi connectivity index (χ2n) is 5.89. The lowest BCUT2D eigenvalue weighted by molar-refractivity contribution is 0.250. The first-order chi connectivity index (χ1) is 12.3. The van der Waals surface area contributed by atoms with E-state index < -0.39 is 0 Å². The first kappa shape index (κ1) is 16.0. The molecule has 1 aliphatic heterocycles. The number of rotatable bonds is 4. The van der Waals surface area contributed by atoms with E-state index in [1.165, 1.54) is 17.6 Å². The molecular weight excluding hydrogens is 332 g/mol. The molecule has 5 heteroatoms. The van der Waals surface area contributed by atoms with E-state index >= 15 is 0 Å². The molecule has 4 nitrogen and oxygen atoms in total. The molecule has 0 aliphatic carbocycles. The Hall–Kier alpha value is -2.50. The van der Waals surface area contributed by atoms with Gasteiger partial charge in [-0.2, -0.15) is 0 Å². The molecule has 0 fully saturated rings. The van der Waals surface area contributed by atoms with Crippen LogP contribution in [-0.2, 0) is 4.28 Å². The molecule has 3 aromatic carbocycles. The molecule has 0 saturated carbocycles. The van der Waals surface area contributed by atoms with E-state index in [1.54, 1.807) is 0 Å². The van der Waals surface area contributed by atoms with Crippen LogP contribution in [0.2, 0.25) is 0 Å². The number of benzene rings is 3. The SMILES string of the molecule is CNC1Oc2ccc3ccccc3c2/C1=N/OSc1ccc(C)cc1. The van der Waals surface area contributed by atoms with Gasteiger partial charge >= 0.3 is 0 Å². The molecule has 0 bridgehead atoms. The number of nitrogens with one attached hydrogen (secondary N) is 1. The van der Waals surface area contributed by atoms with Crippen molar-refractivity contribution in [3.63, 3.8) is 0 Å². The van der Waals surface area contributed by atoms with Crippen LogP contribution in [0.5, 0.6) is 5.75 Å². The number of oxime groups is 1. The van der Waals surface area contributed by atoms with Crippen molar-refractivity contribution in [3.8, 4) is 5.75 Å². The van der Waals surface area contributed by atoms with Gasteiger partial charge in [0.25, 0.3) is 0 Å². The third-order valence-electron chi connectivity index (χ3n) is 4.19. The second-order valence-corrected chi connectivity index (χ2v) is 6.68. The largest absolute Gasteiger partial charge is 0.469 e. The Morgan fingerprint density at radius 3 is 2.64 bits per heavy atom. The summed E-state index contributed by atoms with van der Waals surface area (Å²) in [7, 11) is 1.85. The highest BCUT2D eigenvalue weighted by Crippen LogP contribution is 2.35. The minimum atomic E-state index is -0.320. The van der Waals surface area contributed by atoms with E-state index in [-0.39, 0.29) is 6.23 Å². The van der Waals surface area contributed by atoms with Crippen LogP contribution in [-0.4, -0.2) is 19.0 Å². The van der Waals surface area contributed by atoms with Gasteiger partial charge in [0.15, 0.2) is 6.23 Å². The number of hydrogen-bond acceptors (Lipinski definition) is 5. The second kappa shape index (κ2) is 6.78. The average molecular weight is 350 g/mol. The Morgan fingerprint density at radius 2 is 1.84 bits per heavy atom. The zero-order valence-electron chi connectivity index (χ0n) is 14.0. The summed E-state index contributed by atoms with van der Waals surface area (Å²) in [5.41, 5.74) is 2.96.